The highest BCUT2D eigenvalue weighted by molar-refractivity contribution is 6.01. The van der Waals surface area contributed by atoms with Crippen LogP contribution in [0.2, 0.25) is 0 Å². The molecule has 0 saturated carbocycles. The molecule has 3 amide bonds. The zero-order valence-corrected chi connectivity index (χ0v) is 19.0. The minimum Gasteiger partial charge on any atom is -0.467 e. The molecule has 14 heteroatoms. The van der Waals surface area contributed by atoms with E-state index in [0.717, 1.165) is 0 Å². The number of hydrogen-bond acceptors (Lipinski definition) is 10. The number of anilines is 1. The summed E-state index contributed by atoms with van der Waals surface area (Å²) in [4.78, 5) is 50.2. The van der Waals surface area contributed by atoms with E-state index in [0.29, 0.717) is 5.76 Å². The van der Waals surface area contributed by atoms with Gasteiger partial charge in [-0.1, -0.05) is 12.1 Å². The second kappa shape index (κ2) is 10.9. The summed E-state index contributed by atoms with van der Waals surface area (Å²) in [7, 11) is 0. The van der Waals surface area contributed by atoms with E-state index >= 15 is 0 Å². The number of aromatic nitrogens is 4. The number of tetrazole rings is 1. The van der Waals surface area contributed by atoms with Crippen LogP contribution < -0.4 is 16.0 Å². The second-order valence-electron chi connectivity index (χ2n) is 7.34. The van der Waals surface area contributed by atoms with Gasteiger partial charge in [0.2, 0.25) is 5.91 Å². The molecule has 1 aliphatic rings. The number of rotatable bonds is 9. The number of ether oxygens (including phenoxy) is 2. The number of furan rings is 1. The zero-order valence-electron chi connectivity index (χ0n) is 19.0. The fourth-order valence-corrected chi connectivity index (χ4v) is 3.43. The van der Waals surface area contributed by atoms with Gasteiger partial charge in [-0.25, -0.2) is 19.1 Å². The summed E-state index contributed by atoms with van der Waals surface area (Å²) in [6, 6.07) is 7.84. The first-order valence-electron chi connectivity index (χ1n) is 10.7. The fourth-order valence-electron chi connectivity index (χ4n) is 3.43. The quantitative estimate of drug-likeness (QED) is 0.362. The second-order valence-corrected chi connectivity index (χ2v) is 7.34. The first-order chi connectivity index (χ1) is 17.5. The van der Waals surface area contributed by atoms with Crippen LogP contribution >= 0.6 is 0 Å². The molecule has 4 rings (SSSR count). The lowest BCUT2D eigenvalue weighted by molar-refractivity contribution is -0.139. The number of esters is 2. The average molecular weight is 495 g/mol. The molecule has 2 aromatic heterocycles. The van der Waals surface area contributed by atoms with Gasteiger partial charge in [0.15, 0.2) is 0 Å². The Morgan fingerprint density at radius 1 is 1.14 bits per heavy atom. The molecule has 36 heavy (non-hydrogen) atoms. The molecule has 0 spiro atoms. The van der Waals surface area contributed by atoms with Gasteiger partial charge in [-0.05, 0) is 41.6 Å². The number of amides is 3. The predicted octanol–water partition coefficient (Wildman–Crippen LogP) is 0.933. The average Bonchev–Trinajstić information content (AvgIpc) is 3.57. The third-order valence-electron chi connectivity index (χ3n) is 4.94. The molecule has 1 atom stereocenters. The largest absolute Gasteiger partial charge is 0.467 e. The van der Waals surface area contributed by atoms with E-state index in [1.54, 1.807) is 31.2 Å². The summed E-state index contributed by atoms with van der Waals surface area (Å²) >= 11 is 0. The Morgan fingerprint density at radius 3 is 2.69 bits per heavy atom. The van der Waals surface area contributed by atoms with E-state index < -0.39 is 36.5 Å². The summed E-state index contributed by atoms with van der Waals surface area (Å²) in [5.41, 5.74) is 0.320. The lowest BCUT2D eigenvalue weighted by Crippen LogP contribution is -2.47. The third-order valence-corrected chi connectivity index (χ3v) is 4.94. The molecule has 1 unspecified atom stereocenters. The zero-order chi connectivity index (χ0) is 25.5. The Labute approximate surface area is 203 Å². The number of nitrogens with one attached hydrogen (secondary N) is 3. The third kappa shape index (κ3) is 5.55. The first-order valence-corrected chi connectivity index (χ1v) is 10.7. The first kappa shape index (κ1) is 24.1. The Bertz CT molecular complexity index is 1290. The highest BCUT2D eigenvalue weighted by Crippen LogP contribution is 2.28. The maximum atomic E-state index is 12.9. The number of carbonyl (C=O) groups excluding carboxylic acids is 4. The number of benzene rings is 1. The number of hydrogen-bond donors (Lipinski definition) is 3. The smallest absolute Gasteiger partial charge is 0.340 e. The number of nitrogens with zero attached hydrogens (tertiary/aromatic N) is 4. The van der Waals surface area contributed by atoms with Crippen molar-refractivity contribution < 1.29 is 33.1 Å². The van der Waals surface area contributed by atoms with Gasteiger partial charge in [-0.3, -0.25) is 4.79 Å². The minimum absolute atomic E-state index is 0.0298. The van der Waals surface area contributed by atoms with Crippen LogP contribution in [-0.4, -0.2) is 57.3 Å². The number of urea groups is 1. The maximum absolute atomic E-state index is 12.9. The lowest BCUT2D eigenvalue weighted by atomic mass is 10.0. The van der Waals surface area contributed by atoms with Crippen LogP contribution in [0.15, 0.2) is 64.7 Å². The molecule has 3 N–H and O–H groups in total. The van der Waals surface area contributed by atoms with Gasteiger partial charge in [0.25, 0.3) is 0 Å². The molecule has 186 valence electrons. The topological polar surface area (TPSA) is 180 Å². The number of carbonyl (C=O) groups is 4. The fraction of sp³-hybridized carbons (Fsp3) is 0.227. The van der Waals surface area contributed by atoms with Crippen molar-refractivity contribution in [3.05, 3.63) is 71.6 Å². The standard InChI is InChI=1S/C22H21N7O7/c1-2-34-21(32)18-15(25-22(33)26-19(18)16-8-5-9-35-16)11-36-20(31)13-6-3-4-7-14(13)24-17(30)10-29-12-23-27-28-29/h3-9,12,19H,2,10-11H2,1H3,(H,24,30)(H2,25,26,33). The van der Waals surface area contributed by atoms with Crippen molar-refractivity contribution in [2.75, 3.05) is 18.5 Å². The van der Waals surface area contributed by atoms with Crippen LogP contribution in [0.25, 0.3) is 0 Å². The van der Waals surface area contributed by atoms with E-state index in [1.807, 2.05) is 0 Å². The molecule has 0 aliphatic carbocycles. The van der Waals surface area contributed by atoms with Gasteiger partial charge >= 0.3 is 18.0 Å². The van der Waals surface area contributed by atoms with Crippen LogP contribution in [0.3, 0.4) is 0 Å². The Kier molecular flexibility index (Phi) is 7.33. The molecule has 3 heterocycles. The molecule has 14 nitrogen and oxygen atoms in total. The molecule has 0 fully saturated rings. The van der Waals surface area contributed by atoms with E-state index in [2.05, 4.69) is 31.5 Å². The molecule has 3 aromatic rings. The Morgan fingerprint density at radius 2 is 1.97 bits per heavy atom. The molecular formula is C22H21N7O7. The van der Waals surface area contributed by atoms with Crippen molar-refractivity contribution in [3.8, 4) is 0 Å². The van der Waals surface area contributed by atoms with Crippen molar-refractivity contribution in [2.24, 2.45) is 0 Å². The maximum Gasteiger partial charge on any atom is 0.340 e. The van der Waals surface area contributed by atoms with E-state index in [9.17, 15) is 19.2 Å². The molecule has 1 aromatic carbocycles. The molecule has 0 bridgehead atoms. The van der Waals surface area contributed by atoms with Gasteiger partial charge in [-0.2, -0.15) is 0 Å². The van der Waals surface area contributed by atoms with Crippen LogP contribution in [0.1, 0.15) is 29.1 Å². The van der Waals surface area contributed by atoms with Crippen molar-refractivity contribution in [1.82, 2.24) is 30.8 Å². The van der Waals surface area contributed by atoms with Crippen molar-refractivity contribution >= 4 is 29.6 Å². The minimum atomic E-state index is -0.945. The number of para-hydroxylation sites is 1. The Hall–Kier alpha value is -5.01. The highest BCUT2D eigenvalue weighted by atomic mass is 16.5. The molecule has 1 aliphatic heterocycles. The van der Waals surface area contributed by atoms with E-state index in [1.165, 1.54) is 29.4 Å². The monoisotopic (exact) mass is 495 g/mol. The van der Waals surface area contributed by atoms with Crippen LogP contribution in [-0.2, 0) is 25.6 Å². The lowest BCUT2D eigenvalue weighted by Gasteiger charge is -2.27. The van der Waals surface area contributed by atoms with E-state index in [4.69, 9.17) is 13.9 Å². The van der Waals surface area contributed by atoms with Gasteiger partial charge in [0.1, 0.15) is 31.3 Å². The van der Waals surface area contributed by atoms with Gasteiger partial charge < -0.3 is 29.8 Å². The summed E-state index contributed by atoms with van der Waals surface area (Å²) < 4.78 is 17.1. The Balaban J connectivity index is 1.53. The predicted molar refractivity (Wildman–Crippen MR) is 120 cm³/mol. The molecule has 0 radical (unpaired) electrons. The normalized spacial score (nSPS) is 15.0. The van der Waals surface area contributed by atoms with Crippen molar-refractivity contribution in [1.29, 1.82) is 0 Å². The van der Waals surface area contributed by atoms with Crippen LogP contribution in [0.5, 0.6) is 0 Å². The molecule has 0 saturated heterocycles. The molecular weight excluding hydrogens is 474 g/mol. The van der Waals surface area contributed by atoms with Gasteiger partial charge in [0.05, 0.1) is 35.4 Å². The van der Waals surface area contributed by atoms with Crippen LogP contribution in [0, 0.1) is 0 Å². The van der Waals surface area contributed by atoms with Crippen molar-refractivity contribution in [2.45, 2.75) is 19.5 Å². The van der Waals surface area contributed by atoms with E-state index in [-0.39, 0.29) is 35.7 Å². The van der Waals surface area contributed by atoms with Crippen molar-refractivity contribution in [3.63, 3.8) is 0 Å². The summed E-state index contributed by atoms with van der Waals surface area (Å²) in [6.07, 6.45) is 2.68. The SMILES string of the molecule is CCOC(=O)C1=C(COC(=O)c2ccccc2NC(=O)Cn2cnnn2)NC(=O)NC1c1ccco1. The summed E-state index contributed by atoms with van der Waals surface area (Å²) in [5.74, 6) is -1.69. The highest BCUT2D eigenvalue weighted by Gasteiger charge is 2.35. The summed E-state index contributed by atoms with van der Waals surface area (Å²) in [6.45, 7) is 1.11. The summed E-state index contributed by atoms with van der Waals surface area (Å²) in [5, 5.41) is 18.2. The van der Waals surface area contributed by atoms with Gasteiger partial charge in [-0.15, -0.1) is 5.10 Å². The van der Waals surface area contributed by atoms with Crippen LogP contribution in [0.4, 0.5) is 10.5 Å². The van der Waals surface area contributed by atoms with Gasteiger partial charge in [0, 0.05) is 0 Å².